The number of nitrogens with one attached hydrogen (secondary N) is 2. The van der Waals surface area contributed by atoms with Crippen LogP contribution < -0.4 is 20.3 Å². The molecule has 3 aromatic rings. The number of fused-ring (bicyclic) bond motifs is 1. The van der Waals surface area contributed by atoms with Crippen molar-refractivity contribution in [2.24, 2.45) is 0 Å². The third kappa shape index (κ3) is 3.97. The molecule has 0 spiro atoms. The lowest BCUT2D eigenvalue weighted by atomic mass is 10.1. The molecule has 0 aromatic carbocycles. The summed E-state index contributed by atoms with van der Waals surface area (Å²) in [6, 6.07) is 0.357. The van der Waals surface area contributed by atoms with Crippen molar-refractivity contribution < 1.29 is 9.53 Å². The number of carbonyl (C=O) groups excluding carboxylic acids is 1. The van der Waals surface area contributed by atoms with Crippen LogP contribution in [0.25, 0.3) is 5.65 Å². The number of amides is 1. The van der Waals surface area contributed by atoms with E-state index in [1.807, 2.05) is 29.5 Å². The number of methoxy groups -OCH3 is 1. The summed E-state index contributed by atoms with van der Waals surface area (Å²) in [6.45, 7) is 3.84. The number of piperidine rings is 1. The fourth-order valence-electron chi connectivity index (χ4n) is 3.47. The minimum Gasteiger partial charge on any atom is -0.480 e. The molecule has 152 valence electrons. The highest BCUT2D eigenvalue weighted by Gasteiger charge is 2.23. The smallest absolute Gasteiger partial charge is 0.263 e. The summed E-state index contributed by atoms with van der Waals surface area (Å²) in [5, 5.41) is 6.11. The predicted octanol–water partition coefficient (Wildman–Crippen LogP) is 1.28. The highest BCUT2D eigenvalue weighted by atomic mass is 16.5. The van der Waals surface area contributed by atoms with Gasteiger partial charge in [0.1, 0.15) is 11.4 Å². The zero-order valence-corrected chi connectivity index (χ0v) is 16.7. The SMILES string of the molecule is COc1nc(N(C)C2CCNCC2)ncc1C(=O)Nc1cn2cc(C)nc2cn1. The Labute approximate surface area is 168 Å². The van der Waals surface area contributed by atoms with Gasteiger partial charge in [0.2, 0.25) is 11.8 Å². The average Bonchev–Trinajstić information content (AvgIpc) is 3.12. The van der Waals surface area contributed by atoms with E-state index in [-0.39, 0.29) is 17.4 Å². The molecule has 1 saturated heterocycles. The molecule has 10 nitrogen and oxygen atoms in total. The standard InChI is InChI=1S/C19H24N8O2/c1-12-10-27-11-15(21-9-16(27)23-12)24-17(28)14-8-22-19(25-18(14)29-3)26(2)13-4-6-20-7-5-13/h8-11,13,20H,4-7H2,1-3H3,(H,24,28). The Bertz CT molecular complexity index is 1030. The molecule has 2 N–H and O–H groups in total. The van der Waals surface area contributed by atoms with Crippen LogP contribution in [0.1, 0.15) is 28.9 Å². The topological polar surface area (TPSA) is 110 Å². The molecular formula is C19H24N8O2. The van der Waals surface area contributed by atoms with Gasteiger partial charge in [0.25, 0.3) is 5.91 Å². The Morgan fingerprint density at radius 3 is 2.79 bits per heavy atom. The van der Waals surface area contributed by atoms with E-state index in [1.165, 1.54) is 13.3 Å². The Kier molecular flexibility index (Phi) is 5.26. The monoisotopic (exact) mass is 396 g/mol. The number of hydrogen-bond donors (Lipinski definition) is 2. The number of imidazole rings is 1. The van der Waals surface area contributed by atoms with Crippen LogP contribution in [0.15, 0.2) is 24.8 Å². The van der Waals surface area contributed by atoms with Gasteiger partial charge in [-0.05, 0) is 32.9 Å². The van der Waals surface area contributed by atoms with E-state index in [0.717, 1.165) is 31.6 Å². The van der Waals surface area contributed by atoms with Crippen LogP contribution in [-0.4, -0.2) is 63.5 Å². The number of carbonyl (C=O) groups is 1. The molecule has 1 fully saturated rings. The van der Waals surface area contributed by atoms with Crippen molar-refractivity contribution in [1.29, 1.82) is 0 Å². The first-order valence-corrected chi connectivity index (χ1v) is 9.52. The molecule has 0 bridgehead atoms. The zero-order chi connectivity index (χ0) is 20.4. The van der Waals surface area contributed by atoms with Crippen LogP contribution in [-0.2, 0) is 0 Å². The molecule has 0 radical (unpaired) electrons. The molecule has 4 heterocycles. The van der Waals surface area contributed by atoms with Crippen molar-refractivity contribution in [1.82, 2.24) is 29.7 Å². The minimum atomic E-state index is -0.387. The number of rotatable bonds is 5. The first kappa shape index (κ1) is 19.1. The van der Waals surface area contributed by atoms with Gasteiger partial charge in [-0.15, -0.1) is 0 Å². The molecule has 0 atom stereocenters. The number of anilines is 2. The molecule has 0 unspecified atom stereocenters. The quantitative estimate of drug-likeness (QED) is 0.664. The molecule has 0 aliphatic carbocycles. The maximum absolute atomic E-state index is 12.8. The van der Waals surface area contributed by atoms with E-state index in [1.54, 1.807) is 12.4 Å². The molecule has 10 heteroatoms. The van der Waals surface area contributed by atoms with Crippen LogP contribution in [0.4, 0.5) is 11.8 Å². The van der Waals surface area contributed by atoms with Gasteiger partial charge < -0.3 is 24.7 Å². The van der Waals surface area contributed by atoms with Gasteiger partial charge >= 0.3 is 0 Å². The molecule has 1 aliphatic heterocycles. The van der Waals surface area contributed by atoms with Crippen molar-refractivity contribution in [2.75, 3.05) is 37.5 Å². The summed E-state index contributed by atoms with van der Waals surface area (Å²) in [7, 11) is 3.46. The summed E-state index contributed by atoms with van der Waals surface area (Å²) in [5.74, 6) is 0.783. The van der Waals surface area contributed by atoms with E-state index in [4.69, 9.17) is 4.74 Å². The summed E-state index contributed by atoms with van der Waals surface area (Å²) >= 11 is 0. The number of aryl methyl sites for hydroxylation is 1. The maximum Gasteiger partial charge on any atom is 0.263 e. The van der Waals surface area contributed by atoms with E-state index < -0.39 is 0 Å². The lowest BCUT2D eigenvalue weighted by molar-refractivity contribution is 0.102. The molecule has 1 amide bonds. The average molecular weight is 396 g/mol. The second-order valence-electron chi connectivity index (χ2n) is 7.06. The number of nitrogens with zero attached hydrogens (tertiary/aromatic N) is 6. The Balaban J connectivity index is 1.54. The van der Waals surface area contributed by atoms with Crippen molar-refractivity contribution in [3.8, 4) is 5.88 Å². The number of aromatic nitrogens is 5. The van der Waals surface area contributed by atoms with Crippen molar-refractivity contribution in [3.05, 3.63) is 36.0 Å². The highest BCUT2D eigenvalue weighted by Crippen LogP contribution is 2.22. The van der Waals surface area contributed by atoms with Crippen LogP contribution in [0.5, 0.6) is 5.88 Å². The maximum atomic E-state index is 12.8. The number of hydrogen-bond acceptors (Lipinski definition) is 8. The second kappa shape index (κ2) is 8.00. The van der Waals surface area contributed by atoms with Crippen LogP contribution >= 0.6 is 0 Å². The molecule has 1 aliphatic rings. The minimum absolute atomic E-state index is 0.229. The summed E-state index contributed by atoms with van der Waals surface area (Å²) in [5.41, 5.74) is 1.84. The van der Waals surface area contributed by atoms with Gasteiger partial charge in [0, 0.05) is 25.5 Å². The van der Waals surface area contributed by atoms with Gasteiger partial charge in [-0.25, -0.2) is 15.0 Å². The van der Waals surface area contributed by atoms with E-state index in [9.17, 15) is 4.79 Å². The summed E-state index contributed by atoms with van der Waals surface area (Å²) in [4.78, 5) is 32.2. The van der Waals surface area contributed by atoms with Crippen molar-refractivity contribution in [3.63, 3.8) is 0 Å². The lowest BCUT2D eigenvalue weighted by Gasteiger charge is -2.31. The third-order valence-electron chi connectivity index (χ3n) is 5.05. The largest absolute Gasteiger partial charge is 0.480 e. The number of ether oxygens (including phenoxy) is 1. The predicted molar refractivity (Wildman–Crippen MR) is 109 cm³/mol. The molecule has 0 saturated carbocycles. The summed E-state index contributed by atoms with van der Waals surface area (Å²) in [6.07, 6.45) is 8.71. The highest BCUT2D eigenvalue weighted by molar-refractivity contribution is 6.05. The van der Waals surface area contributed by atoms with E-state index in [2.05, 4.69) is 30.6 Å². The molecule has 4 rings (SSSR count). The van der Waals surface area contributed by atoms with Gasteiger partial charge in [0.15, 0.2) is 5.65 Å². The third-order valence-corrected chi connectivity index (χ3v) is 5.05. The molecular weight excluding hydrogens is 372 g/mol. The molecule has 3 aromatic heterocycles. The van der Waals surface area contributed by atoms with E-state index >= 15 is 0 Å². The van der Waals surface area contributed by atoms with Crippen molar-refractivity contribution >= 4 is 23.3 Å². The van der Waals surface area contributed by atoms with Gasteiger partial charge in [-0.2, -0.15) is 4.98 Å². The Morgan fingerprint density at radius 1 is 1.24 bits per heavy atom. The van der Waals surface area contributed by atoms with E-state index in [0.29, 0.717) is 23.5 Å². The first-order valence-electron chi connectivity index (χ1n) is 9.52. The van der Waals surface area contributed by atoms with Gasteiger partial charge in [-0.1, -0.05) is 0 Å². The zero-order valence-electron chi connectivity index (χ0n) is 16.7. The fraction of sp³-hybridized carbons (Fsp3) is 0.421. The lowest BCUT2D eigenvalue weighted by Crippen LogP contribution is -2.42. The Hall–Kier alpha value is -3.27. The Morgan fingerprint density at radius 2 is 2.03 bits per heavy atom. The summed E-state index contributed by atoms with van der Waals surface area (Å²) < 4.78 is 7.18. The van der Waals surface area contributed by atoms with Crippen LogP contribution in [0, 0.1) is 6.92 Å². The molecule has 29 heavy (non-hydrogen) atoms. The van der Waals surface area contributed by atoms with Gasteiger partial charge in [-0.3, -0.25) is 4.79 Å². The first-order chi connectivity index (χ1) is 14.0. The van der Waals surface area contributed by atoms with Gasteiger partial charge in [0.05, 0.1) is 25.2 Å². The van der Waals surface area contributed by atoms with Crippen LogP contribution in [0.2, 0.25) is 0 Å². The van der Waals surface area contributed by atoms with Crippen molar-refractivity contribution in [2.45, 2.75) is 25.8 Å². The second-order valence-corrected chi connectivity index (χ2v) is 7.06. The van der Waals surface area contributed by atoms with Crippen LogP contribution in [0.3, 0.4) is 0 Å². The normalized spacial score (nSPS) is 14.7. The fourth-order valence-corrected chi connectivity index (χ4v) is 3.47.